The van der Waals surface area contributed by atoms with Crippen molar-refractivity contribution in [2.24, 2.45) is 0 Å². The van der Waals surface area contributed by atoms with Gasteiger partial charge in [0.15, 0.2) is 22.3 Å². The minimum absolute atomic E-state index is 0. The first-order valence-electron chi connectivity index (χ1n) is 10.9. The molecule has 0 fully saturated rings. The van der Waals surface area contributed by atoms with Crippen LogP contribution < -0.4 is 11.5 Å². The van der Waals surface area contributed by atoms with Crippen LogP contribution in [0.4, 0.5) is 11.6 Å². The topological polar surface area (TPSA) is 112 Å². The summed E-state index contributed by atoms with van der Waals surface area (Å²) in [4.78, 5) is 17.7. The zero-order chi connectivity index (χ0) is 24.5. The van der Waals surface area contributed by atoms with Gasteiger partial charge < -0.3 is 15.9 Å². The maximum Gasteiger partial charge on any atom is 0.165 e. The van der Waals surface area contributed by atoms with Gasteiger partial charge in [0.1, 0.15) is 17.2 Å². The molecule has 0 aliphatic carbocycles. The summed E-state index contributed by atoms with van der Waals surface area (Å²) in [6.45, 7) is 3.87. The highest BCUT2D eigenvalue weighted by molar-refractivity contribution is 6.32. The molecule has 4 heterocycles. The Morgan fingerprint density at radius 2 is 1.19 bits per heavy atom. The summed E-state index contributed by atoms with van der Waals surface area (Å²) in [6.07, 6.45) is 5.57. The molecule has 0 aliphatic heterocycles. The molecule has 6 aromatic rings. The number of nitrogen functional groups attached to an aromatic ring is 2. The molecule has 4 N–H and O–H groups in total. The van der Waals surface area contributed by atoms with Crippen LogP contribution in [0.25, 0.3) is 33.8 Å². The summed E-state index contributed by atoms with van der Waals surface area (Å²) in [7, 11) is 0. The molecular formula is C27H27ClN8. The lowest BCUT2D eigenvalue weighted by Crippen LogP contribution is -2.00. The van der Waals surface area contributed by atoms with Gasteiger partial charge in [0.2, 0.25) is 0 Å². The third-order valence-electron chi connectivity index (χ3n) is 5.36. The number of halogens is 1. The summed E-state index contributed by atoms with van der Waals surface area (Å²) in [6, 6.07) is 19.7. The molecule has 182 valence electrons. The predicted molar refractivity (Wildman–Crippen MR) is 147 cm³/mol. The molecule has 0 spiro atoms. The van der Waals surface area contributed by atoms with Crippen molar-refractivity contribution in [2.75, 3.05) is 11.5 Å². The normalized spacial score (nSPS) is 10.6. The van der Waals surface area contributed by atoms with E-state index in [4.69, 9.17) is 23.1 Å². The first kappa shape index (κ1) is 24.7. The second kappa shape index (κ2) is 10.1. The number of fused-ring (bicyclic) bond motifs is 2. The second-order valence-corrected chi connectivity index (χ2v) is 8.43. The van der Waals surface area contributed by atoms with Crippen molar-refractivity contribution >= 4 is 34.5 Å². The molecule has 0 saturated heterocycles. The Morgan fingerprint density at radius 1 is 0.667 bits per heavy atom. The van der Waals surface area contributed by atoms with E-state index in [1.165, 1.54) is 0 Å². The number of benzene rings is 2. The average Bonchev–Trinajstić information content (AvgIpc) is 3.44. The van der Waals surface area contributed by atoms with Crippen LogP contribution in [0, 0.1) is 13.8 Å². The third kappa shape index (κ3) is 4.71. The monoisotopic (exact) mass is 498 g/mol. The fraction of sp³-hybridized carbons (Fsp3) is 0.111. The Balaban J connectivity index is 0.000000165. The van der Waals surface area contributed by atoms with Gasteiger partial charge in [-0.1, -0.05) is 79.7 Å². The molecule has 2 aromatic carbocycles. The van der Waals surface area contributed by atoms with E-state index in [0.717, 1.165) is 45.2 Å². The van der Waals surface area contributed by atoms with E-state index >= 15 is 0 Å². The zero-order valence-electron chi connectivity index (χ0n) is 19.2. The minimum atomic E-state index is 0. The Labute approximate surface area is 214 Å². The van der Waals surface area contributed by atoms with Crippen LogP contribution in [0.15, 0.2) is 79.3 Å². The van der Waals surface area contributed by atoms with Gasteiger partial charge in [-0.15, -0.1) is 0 Å². The molecule has 0 radical (unpaired) electrons. The average molecular weight is 499 g/mol. The van der Waals surface area contributed by atoms with E-state index in [0.29, 0.717) is 16.8 Å². The van der Waals surface area contributed by atoms with Crippen LogP contribution in [0.5, 0.6) is 0 Å². The number of aryl methyl sites for hydroxylation is 2. The standard InChI is InChI=1S/C13H11ClN4.C13H12N4.CH4/c1-8-7-18-11(14)12(15)17-10(13(18)16-8)9-5-3-2-4-6-9;1-9-7-17-8-11(14)16-12(13(17)15-9)10-5-3-2-4-6-10;/h2-7H,15H2,1H3;2-8H,14H2,1H3;1H4. The van der Waals surface area contributed by atoms with Gasteiger partial charge in [0, 0.05) is 23.5 Å². The van der Waals surface area contributed by atoms with Gasteiger partial charge in [-0.2, -0.15) is 0 Å². The first-order chi connectivity index (χ1) is 16.9. The molecule has 6 rings (SSSR count). The van der Waals surface area contributed by atoms with Gasteiger partial charge in [0.05, 0.1) is 17.6 Å². The SMILES string of the molecule is C.Cc1cn2c(Cl)c(N)nc(-c3ccccc3)c2n1.Cc1cn2cc(N)nc(-c3ccccc3)c2n1. The second-order valence-electron chi connectivity index (χ2n) is 8.07. The molecule has 0 aliphatic rings. The van der Waals surface area contributed by atoms with Gasteiger partial charge in [-0.3, -0.25) is 4.40 Å². The highest BCUT2D eigenvalue weighted by Gasteiger charge is 2.14. The highest BCUT2D eigenvalue weighted by Crippen LogP contribution is 2.28. The van der Waals surface area contributed by atoms with E-state index in [1.807, 2.05) is 91.3 Å². The fourth-order valence-electron chi connectivity index (χ4n) is 3.87. The van der Waals surface area contributed by atoms with E-state index in [2.05, 4.69) is 19.9 Å². The van der Waals surface area contributed by atoms with Crippen LogP contribution >= 0.6 is 11.6 Å². The van der Waals surface area contributed by atoms with E-state index in [9.17, 15) is 0 Å². The summed E-state index contributed by atoms with van der Waals surface area (Å²) >= 11 is 6.13. The van der Waals surface area contributed by atoms with Gasteiger partial charge in [0.25, 0.3) is 0 Å². The predicted octanol–water partition coefficient (Wildman–Crippen LogP) is 5.86. The van der Waals surface area contributed by atoms with Crippen molar-refractivity contribution in [1.82, 2.24) is 28.7 Å². The Hall–Kier alpha value is -4.43. The fourth-order valence-corrected chi connectivity index (χ4v) is 4.05. The largest absolute Gasteiger partial charge is 0.382 e. The summed E-state index contributed by atoms with van der Waals surface area (Å²) in [5.41, 5.74) is 18.6. The van der Waals surface area contributed by atoms with Crippen molar-refractivity contribution in [1.29, 1.82) is 0 Å². The molecule has 0 atom stereocenters. The summed E-state index contributed by atoms with van der Waals surface area (Å²) < 4.78 is 3.68. The van der Waals surface area contributed by atoms with Crippen molar-refractivity contribution < 1.29 is 0 Å². The smallest absolute Gasteiger partial charge is 0.165 e. The molecule has 0 amide bonds. The Bertz CT molecular complexity index is 1640. The molecule has 36 heavy (non-hydrogen) atoms. The van der Waals surface area contributed by atoms with Gasteiger partial charge in [-0.05, 0) is 13.8 Å². The van der Waals surface area contributed by atoms with E-state index in [-0.39, 0.29) is 7.43 Å². The maximum absolute atomic E-state index is 6.13. The van der Waals surface area contributed by atoms with Crippen molar-refractivity contribution in [2.45, 2.75) is 21.3 Å². The molecular weight excluding hydrogens is 472 g/mol. The van der Waals surface area contributed by atoms with Gasteiger partial charge in [-0.25, -0.2) is 19.9 Å². The minimum Gasteiger partial charge on any atom is -0.382 e. The number of aromatic nitrogens is 6. The summed E-state index contributed by atoms with van der Waals surface area (Å²) in [5.74, 6) is 0.800. The Kier molecular flexibility index (Phi) is 6.89. The molecule has 0 bridgehead atoms. The third-order valence-corrected chi connectivity index (χ3v) is 5.74. The lowest BCUT2D eigenvalue weighted by atomic mass is 10.1. The van der Waals surface area contributed by atoms with Crippen LogP contribution in [-0.2, 0) is 0 Å². The molecule has 0 unspecified atom stereocenters. The van der Waals surface area contributed by atoms with Crippen molar-refractivity contribution in [3.63, 3.8) is 0 Å². The van der Waals surface area contributed by atoms with E-state index < -0.39 is 0 Å². The molecule has 8 nitrogen and oxygen atoms in total. The van der Waals surface area contributed by atoms with Gasteiger partial charge >= 0.3 is 0 Å². The quantitative estimate of drug-likeness (QED) is 0.309. The lowest BCUT2D eigenvalue weighted by molar-refractivity contribution is 1.14. The molecule has 4 aromatic heterocycles. The highest BCUT2D eigenvalue weighted by atomic mass is 35.5. The number of rotatable bonds is 2. The van der Waals surface area contributed by atoms with Crippen LogP contribution in [0.2, 0.25) is 5.15 Å². The number of imidazole rings is 2. The molecule has 9 heteroatoms. The number of anilines is 2. The van der Waals surface area contributed by atoms with Crippen LogP contribution in [-0.4, -0.2) is 28.7 Å². The number of nitrogens with zero attached hydrogens (tertiary/aromatic N) is 6. The Morgan fingerprint density at radius 3 is 1.81 bits per heavy atom. The van der Waals surface area contributed by atoms with E-state index in [1.54, 1.807) is 10.6 Å². The number of hydrogen-bond donors (Lipinski definition) is 2. The molecule has 0 saturated carbocycles. The van der Waals surface area contributed by atoms with Crippen LogP contribution in [0.1, 0.15) is 18.8 Å². The van der Waals surface area contributed by atoms with Crippen molar-refractivity contribution in [3.05, 3.63) is 95.8 Å². The summed E-state index contributed by atoms with van der Waals surface area (Å²) in [5, 5.41) is 0.394. The van der Waals surface area contributed by atoms with Crippen molar-refractivity contribution in [3.8, 4) is 22.5 Å². The zero-order valence-corrected chi connectivity index (χ0v) is 20.0. The maximum atomic E-state index is 6.13. The number of nitrogens with two attached hydrogens (primary N) is 2. The lowest BCUT2D eigenvalue weighted by Gasteiger charge is -2.07. The first-order valence-corrected chi connectivity index (χ1v) is 11.3. The van der Waals surface area contributed by atoms with Crippen LogP contribution in [0.3, 0.4) is 0 Å². The number of hydrogen-bond acceptors (Lipinski definition) is 6.